The first kappa shape index (κ1) is 15.4. The van der Waals surface area contributed by atoms with Gasteiger partial charge in [-0.25, -0.2) is 8.78 Å². The summed E-state index contributed by atoms with van der Waals surface area (Å²) in [7, 11) is 2.94. The summed E-state index contributed by atoms with van der Waals surface area (Å²) >= 11 is 0. The van der Waals surface area contributed by atoms with Crippen molar-refractivity contribution in [1.82, 2.24) is 4.90 Å². The van der Waals surface area contributed by atoms with Crippen molar-refractivity contribution in [3.8, 4) is 0 Å². The van der Waals surface area contributed by atoms with Gasteiger partial charge >= 0.3 is 0 Å². The van der Waals surface area contributed by atoms with Crippen LogP contribution in [0, 0.1) is 11.6 Å². The monoisotopic (exact) mass is 272 g/mol. The lowest BCUT2D eigenvalue weighted by atomic mass is 10.1. The number of methoxy groups -OCH3 is 1. The fourth-order valence-electron chi connectivity index (χ4n) is 1.72. The van der Waals surface area contributed by atoms with Gasteiger partial charge in [0.05, 0.1) is 6.61 Å². The number of hydrogen-bond donors (Lipinski definition) is 1. The maximum absolute atomic E-state index is 13.6. The molecule has 0 saturated heterocycles. The Morgan fingerprint density at radius 1 is 1.37 bits per heavy atom. The summed E-state index contributed by atoms with van der Waals surface area (Å²) in [5, 5.41) is 2.41. The standard InChI is InChI=1S/C13H18F2N2O2/c1-4-17(5-6-19-3)13(18)9-7-10(14)12(16-2)11(15)8-9/h7-8,16H,4-6H2,1-3H3. The maximum atomic E-state index is 13.6. The molecule has 1 amide bonds. The molecule has 1 aromatic rings. The van der Waals surface area contributed by atoms with E-state index in [2.05, 4.69) is 5.32 Å². The molecule has 0 bridgehead atoms. The van der Waals surface area contributed by atoms with Crippen LogP contribution in [0.25, 0.3) is 0 Å². The second-order valence-electron chi connectivity index (χ2n) is 3.94. The van der Waals surface area contributed by atoms with E-state index in [4.69, 9.17) is 4.74 Å². The minimum Gasteiger partial charge on any atom is -0.383 e. The molecular formula is C13H18F2N2O2. The van der Waals surface area contributed by atoms with Crippen molar-refractivity contribution in [3.05, 3.63) is 29.3 Å². The minimum atomic E-state index is -0.784. The Kier molecular flexibility index (Phi) is 5.69. The van der Waals surface area contributed by atoms with Crippen LogP contribution in [0.3, 0.4) is 0 Å². The van der Waals surface area contributed by atoms with E-state index in [1.807, 2.05) is 0 Å². The van der Waals surface area contributed by atoms with Crippen LogP contribution >= 0.6 is 0 Å². The topological polar surface area (TPSA) is 41.6 Å². The lowest BCUT2D eigenvalue weighted by Crippen LogP contribution is -2.33. The molecule has 0 aliphatic rings. The van der Waals surface area contributed by atoms with Crippen LogP contribution in [-0.2, 0) is 4.74 Å². The molecule has 6 heteroatoms. The molecule has 0 atom stereocenters. The average Bonchev–Trinajstić information content (AvgIpc) is 2.39. The number of benzene rings is 1. The first-order valence-corrected chi connectivity index (χ1v) is 6.00. The van der Waals surface area contributed by atoms with Gasteiger partial charge in [0.25, 0.3) is 5.91 Å². The van der Waals surface area contributed by atoms with Crippen LogP contribution in [0.15, 0.2) is 12.1 Å². The summed E-state index contributed by atoms with van der Waals surface area (Å²) in [6.45, 7) is 2.99. The Balaban J connectivity index is 2.98. The number of hydrogen-bond acceptors (Lipinski definition) is 3. The van der Waals surface area contributed by atoms with E-state index in [0.717, 1.165) is 12.1 Å². The van der Waals surface area contributed by atoms with Gasteiger partial charge in [0.15, 0.2) is 0 Å². The van der Waals surface area contributed by atoms with Crippen molar-refractivity contribution in [2.45, 2.75) is 6.92 Å². The molecule has 0 heterocycles. The highest BCUT2D eigenvalue weighted by Gasteiger charge is 2.18. The molecule has 0 radical (unpaired) electrons. The first-order valence-electron chi connectivity index (χ1n) is 6.00. The van der Waals surface area contributed by atoms with Crippen molar-refractivity contribution in [2.24, 2.45) is 0 Å². The molecule has 0 fully saturated rings. The van der Waals surface area contributed by atoms with E-state index in [1.165, 1.54) is 19.1 Å². The molecule has 4 nitrogen and oxygen atoms in total. The van der Waals surface area contributed by atoms with Gasteiger partial charge in [-0.1, -0.05) is 0 Å². The van der Waals surface area contributed by atoms with Crippen LogP contribution in [0.5, 0.6) is 0 Å². The zero-order valence-corrected chi connectivity index (χ0v) is 11.3. The van der Waals surface area contributed by atoms with Crippen molar-refractivity contribution in [2.75, 3.05) is 39.2 Å². The summed E-state index contributed by atoms with van der Waals surface area (Å²) in [5.74, 6) is -1.98. The van der Waals surface area contributed by atoms with E-state index < -0.39 is 17.5 Å². The number of amides is 1. The fourth-order valence-corrected chi connectivity index (χ4v) is 1.72. The molecule has 19 heavy (non-hydrogen) atoms. The molecular weight excluding hydrogens is 254 g/mol. The van der Waals surface area contributed by atoms with Gasteiger partial charge in [-0.2, -0.15) is 0 Å². The second kappa shape index (κ2) is 7.04. The summed E-state index contributed by atoms with van der Waals surface area (Å²) in [6.07, 6.45) is 0. The number of rotatable bonds is 6. The molecule has 0 saturated carbocycles. The fraction of sp³-hybridized carbons (Fsp3) is 0.462. The largest absolute Gasteiger partial charge is 0.383 e. The molecule has 0 unspecified atom stereocenters. The third-order valence-electron chi connectivity index (χ3n) is 2.77. The second-order valence-corrected chi connectivity index (χ2v) is 3.94. The van der Waals surface area contributed by atoms with Gasteiger partial charge in [0, 0.05) is 32.8 Å². The highest BCUT2D eigenvalue weighted by Crippen LogP contribution is 2.21. The van der Waals surface area contributed by atoms with Gasteiger partial charge in [-0.05, 0) is 19.1 Å². The SMILES string of the molecule is CCN(CCOC)C(=O)c1cc(F)c(NC)c(F)c1. The van der Waals surface area contributed by atoms with Gasteiger partial charge in [-0.3, -0.25) is 4.79 Å². The number of carbonyl (C=O) groups excluding carboxylic acids is 1. The highest BCUT2D eigenvalue weighted by molar-refractivity contribution is 5.94. The Hall–Kier alpha value is -1.69. The summed E-state index contributed by atoms with van der Waals surface area (Å²) < 4.78 is 32.1. The third kappa shape index (κ3) is 3.64. The summed E-state index contributed by atoms with van der Waals surface area (Å²) in [4.78, 5) is 13.6. The summed E-state index contributed by atoms with van der Waals surface area (Å²) in [5.41, 5.74) is -0.247. The number of anilines is 1. The van der Waals surface area contributed by atoms with Crippen molar-refractivity contribution in [3.63, 3.8) is 0 Å². The Labute approximate surface area is 111 Å². The maximum Gasteiger partial charge on any atom is 0.254 e. The Bertz CT molecular complexity index is 429. The molecule has 0 spiro atoms. The molecule has 0 aliphatic carbocycles. The van der Waals surface area contributed by atoms with Crippen LogP contribution in [0.1, 0.15) is 17.3 Å². The molecule has 1 rings (SSSR count). The van der Waals surface area contributed by atoms with E-state index in [9.17, 15) is 13.6 Å². The van der Waals surface area contributed by atoms with Gasteiger partial charge in [0.1, 0.15) is 17.3 Å². The highest BCUT2D eigenvalue weighted by atomic mass is 19.1. The quantitative estimate of drug-likeness (QED) is 0.862. The molecule has 0 aromatic heterocycles. The number of ether oxygens (including phenoxy) is 1. The van der Waals surface area contributed by atoms with E-state index in [-0.39, 0.29) is 11.3 Å². The number of nitrogens with zero attached hydrogens (tertiary/aromatic N) is 1. The molecule has 0 aliphatic heterocycles. The summed E-state index contributed by atoms with van der Waals surface area (Å²) in [6, 6.07) is 2.07. The molecule has 1 aromatic carbocycles. The number of carbonyl (C=O) groups is 1. The van der Waals surface area contributed by atoms with Crippen molar-refractivity contribution < 1.29 is 18.3 Å². The van der Waals surface area contributed by atoms with Crippen LogP contribution in [0.2, 0.25) is 0 Å². The van der Waals surface area contributed by atoms with Crippen LogP contribution in [0.4, 0.5) is 14.5 Å². The van der Waals surface area contributed by atoms with E-state index in [0.29, 0.717) is 19.7 Å². The predicted octanol–water partition coefficient (Wildman–Crippen LogP) is 2.12. The molecule has 1 N–H and O–H groups in total. The normalized spacial score (nSPS) is 10.4. The smallest absolute Gasteiger partial charge is 0.254 e. The van der Waals surface area contributed by atoms with Gasteiger partial charge in [-0.15, -0.1) is 0 Å². The molecule has 106 valence electrons. The number of nitrogens with one attached hydrogen (secondary N) is 1. The number of likely N-dealkylation sites (N-methyl/N-ethyl adjacent to an activating group) is 1. The van der Waals surface area contributed by atoms with Crippen molar-refractivity contribution >= 4 is 11.6 Å². The predicted molar refractivity (Wildman–Crippen MR) is 69.4 cm³/mol. The van der Waals surface area contributed by atoms with E-state index in [1.54, 1.807) is 6.92 Å². The van der Waals surface area contributed by atoms with Crippen molar-refractivity contribution in [1.29, 1.82) is 0 Å². The lowest BCUT2D eigenvalue weighted by molar-refractivity contribution is 0.0705. The number of halogens is 2. The van der Waals surface area contributed by atoms with Crippen LogP contribution < -0.4 is 5.32 Å². The zero-order chi connectivity index (χ0) is 14.4. The van der Waals surface area contributed by atoms with Gasteiger partial charge in [0.2, 0.25) is 0 Å². The van der Waals surface area contributed by atoms with Gasteiger partial charge < -0.3 is 15.0 Å². The average molecular weight is 272 g/mol. The van der Waals surface area contributed by atoms with E-state index >= 15 is 0 Å². The zero-order valence-electron chi connectivity index (χ0n) is 11.3. The Morgan fingerprint density at radius 3 is 2.37 bits per heavy atom. The third-order valence-corrected chi connectivity index (χ3v) is 2.77. The van der Waals surface area contributed by atoms with Crippen LogP contribution in [-0.4, -0.2) is 44.7 Å². The lowest BCUT2D eigenvalue weighted by Gasteiger charge is -2.20. The Morgan fingerprint density at radius 2 is 1.95 bits per heavy atom. The minimum absolute atomic E-state index is 0.00745. The first-order chi connectivity index (χ1) is 9.04.